The molecule has 1 saturated carbocycles. The van der Waals surface area contributed by atoms with Crippen LogP contribution >= 0.6 is 31.9 Å². The molecule has 106 valence electrons. The number of amides is 2. The number of halogens is 2. The summed E-state index contributed by atoms with van der Waals surface area (Å²) in [5.41, 5.74) is 0.742. The Bertz CT molecular complexity index is 587. The number of anilines is 1. The summed E-state index contributed by atoms with van der Waals surface area (Å²) < 4.78 is 1.73. The normalized spacial score (nSPS) is 26.6. The molecule has 2 aliphatic rings. The Hall–Kier alpha value is -0.880. The van der Waals surface area contributed by atoms with Gasteiger partial charge in [0.05, 0.1) is 5.69 Å². The molecular weight excluding hydrogens is 388 g/mol. The van der Waals surface area contributed by atoms with E-state index < -0.39 is 6.04 Å². The molecule has 2 unspecified atom stereocenters. The number of hydrogen-bond donors (Lipinski definition) is 1. The molecule has 1 aromatic rings. The Morgan fingerprint density at radius 3 is 2.55 bits per heavy atom. The van der Waals surface area contributed by atoms with Crippen molar-refractivity contribution in [1.82, 2.24) is 5.32 Å². The van der Waals surface area contributed by atoms with Crippen molar-refractivity contribution in [3.8, 4) is 0 Å². The highest BCUT2D eigenvalue weighted by atomic mass is 79.9. The first kappa shape index (κ1) is 14.1. The van der Waals surface area contributed by atoms with Gasteiger partial charge in [-0.3, -0.25) is 14.5 Å². The molecular formula is C14H14Br2N2O2. The highest BCUT2D eigenvalue weighted by Gasteiger charge is 2.46. The predicted molar refractivity (Wildman–Crippen MR) is 83.4 cm³/mol. The van der Waals surface area contributed by atoms with Gasteiger partial charge in [0.25, 0.3) is 5.91 Å². The summed E-state index contributed by atoms with van der Waals surface area (Å²) in [6, 6.07) is 4.75. The molecule has 4 nitrogen and oxygen atoms in total. The first-order chi connectivity index (χ1) is 9.49. The minimum absolute atomic E-state index is 0.0115. The van der Waals surface area contributed by atoms with E-state index in [2.05, 4.69) is 37.2 Å². The van der Waals surface area contributed by atoms with Crippen molar-refractivity contribution >= 4 is 49.4 Å². The van der Waals surface area contributed by atoms with Crippen LogP contribution in [0.3, 0.4) is 0 Å². The van der Waals surface area contributed by atoms with Gasteiger partial charge in [-0.25, -0.2) is 0 Å². The lowest BCUT2D eigenvalue weighted by atomic mass is 10.0. The Morgan fingerprint density at radius 2 is 1.95 bits per heavy atom. The van der Waals surface area contributed by atoms with Crippen LogP contribution in [-0.2, 0) is 9.59 Å². The van der Waals surface area contributed by atoms with Crippen LogP contribution in [0.2, 0.25) is 0 Å². The Balaban J connectivity index is 1.99. The molecule has 1 aromatic carbocycles. The predicted octanol–water partition coefficient (Wildman–Crippen LogP) is 2.84. The Kier molecular flexibility index (Phi) is 3.62. The average molecular weight is 402 g/mol. The fourth-order valence-corrected chi connectivity index (χ4v) is 3.78. The summed E-state index contributed by atoms with van der Waals surface area (Å²) in [5.74, 6) is 0.203. The molecule has 0 bridgehead atoms. The van der Waals surface area contributed by atoms with E-state index in [0.29, 0.717) is 5.92 Å². The van der Waals surface area contributed by atoms with Gasteiger partial charge in [0.1, 0.15) is 12.1 Å². The molecule has 1 heterocycles. The fourth-order valence-electron chi connectivity index (χ4n) is 2.55. The quantitative estimate of drug-likeness (QED) is 0.828. The van der Waals surface area contributed by atoms with Crippen molar-refractivity contribution in [1.29, 1.82) is 0 Å². The molecule has 0 spiro atoms. The van der Waals surface area contributed by atoms with Crippen LogP contribution in [0, 0.1) is 5.92 Å². The van der Waals surface area contributed by atoms with E-state index in [1.165, 1.54) is 0 Å². The van der Waals surface area contributed by atoms with Crippen LogP contribution < -0.4 is 10.2 Å². The molecule has 0 aromatic heterocycles. The summed E-state index contributed by atoms with van der Waals surface area (Å²) in [5, 5.41) is 2.85. The van der Waals surface area contributed by atoms with Crippen molar-refractivity contribution in [3.05, 3.63) is 27.1 Å². The number of nitrogens with one attached hydrogen (secondary N) is 1. The molecule has 3 rings (SSSR count). The minimum Gasteiger partial charge on any atom is -0.342 e. The van der Waals surface area contributed by atoms with E-state index in [1.54, 1.807) is 11.8 Å². The van der Waals surface area contributed by atoms with Crippen LogP contribution in [0.5, 0.6) is 0 Å². The van der Waals surface area contributed by atoms with Gasteiger partial charge < -0.3 is 5.32 Å². The van der Waals surface area contributed by atoms with Crippen molar-refractivity contribution in [2.24, 2.45) is 5.92 Å². The third-order valence-corrected chi connectivity index (χ3v) is 4.96. The van der Waals surface area contributed by atoms with E-state index >= 15 is 0 Å². The van der Waals surface area contributed by atoms with E-state index in [9.17, 15) is 9.59 Å². The van der Waals surface area contributed by atoms with Crippen molar-refractivity contribution in [2.45, 2.75) is 31.8 Å². The number of piperazine rings is 1. The molecule has 20 heavy (non-hydrogen) atoms. The fraction of sp³-hybridized carbons (Fsp3) is 0.429. The van der Waals surface area contributed by atoms with Gasteiger partial charge in [0.15, 0.2) is 0 Å². The largest absolute Gasteiger partial charge is 0.342 e. The summed E-state index contributed by atoms with van der Waals surface area (Å²) in [4.78, 5) is 26.4. The number of carbonyl (C=O) groups is 2. The summed E-state index contributed by atoms with van der Waals surface area (Å²) in [6.07, 6.45) is 2.03. The maximum absolute atomic E-state index is 12.7. The van der Waals surface area contributed by atoms with Crippen LogP contribution in [0.4, 0.5) is 5.69 Å². The SMILES string of the molecule is CC1C(=O)NC(C2CC2)C(=O)N1c1ccc(Br)cc1Br. The lowest BCUT2D eigenvalue weighted by Gasteiger charge is -2.38. The Morgan fingerprint density at radius 1 is 1.25 bits per heavy atom. The van der Waals surface area contributed by atoms with Crippen molar-refractivity contribution in [2.75, 3.05) is 4.90 Å². The molecule has 0 radical (unpaired) electrons. The minimum atomic E-state index is -0.491. The van der Waals surface area contributed by atoms with E-state index in [4.69, 9.17) is 0 Å². The second-order valence-electron chi connectivity index (χ2n) is 5.30. The Labute approximate surface area is 134 Å². The van der Waals surface area contributed by atoms with Crippen molar-refractivity contribution in [3.63, 3.8) is 0 Å². The van der Waals surface area contributed by atoms with Gasteiger partial charge in [-0.15, -0.1) is 0 Å². The van der Waals surface area contributed by atoms with E-state index in [-0.39, 0.29) is 17.9 Å². The van der Waals surface area contributed by atoms with E-state index in [0.717, 1.165) is 27.5 Å². The lowest BCUT2D eigenvalue weighted by molar-refractivity contribution is -0.134. The van der Waals surface area contributed by atoms with Gasteiger partial charge in [0, 0.05) is 8.95 Å². The number of benzene rings is 1. The van der Waals surface area contributed by atoms with Gasteiger partial charge in [-0.05, 0) is 59.8 Å². The van der Waals surface area contributed by atoms with Crippen LogP contribution in [-0.4, -0.2) is 23.9 Å². The summed E-state index contributed by atoms with van der Waals surface area (Å²) in [7, 11) is 0. The first-order valence-electron chi connectivity index (χ1n) is 6.57. The average Bonchev–Trinajstić information content (AvgIpc) is 3.21. The highest BCUT2D eigenvalue weighted by molar-refractivity contribution is 9.11. The third-order valence-electron chi connectivity index (χ3n) is 3.83. The van der Waals surface area contributed by atoms with Crippen LogP contribution in [0.15, 0.2) is 27.1 Å². The third kappa shape index (κ3) is 2.39. The molecule has 1 saturated heterocycles. The molecule has 2 fully saturated rings. The molecule has 6 heteroatoms. The highest BCUT2D eigenvalue weighted by Crippen LogP contribution is 2.38. The molecule has 2 amide bonds. The lowest BCUT2D eigenvalue weighted by Crippen LogP contribution is -2.63. The summed E-state index contributed by atoms with van der Waals surface area (Å²) in [6.45, 7) is 1.75. The monoisotopic (exact) mass is 400 g/mol. The second kappa shape index (κ2) is 5.15. The number of hydrogen-bond acceptors (Lipinski definition) is 2. The van der Waals surface area contributed by atoms with Crippen LogP contribution in [0.25, 0.3) is 0 Å². The number of rotatable bonds is 2. The smallest absolute Gasteiger partial charge is 0.250 e. The van der Waals surface area contributed by atoms with Crippen molar-refractivity contribution < 1.29 is 9.59 Å². The zero-order valence-electron chi connectivity index (χ0n) is 10.9. The maximum atomic E-state index is 12.7. The van der Waals surface area contributed by atoms with Gasteiger partial charge in [0.2, 0.25) is 5.91 Å². The molecule has 1 aliphatic carbocycles. The standard InChI is InChI=1S/C14H14Br2N2O2/c1-7-13(19)17-12(8-2-3-8)14(20)18(7)11-5-4-9(15)6-10(11)16/h4-8,12H,2-3H2,1H3,(H,17,19). The second-order valence-corrected chi connectivity index (χ2v) is 7.07. The van der Waals surface area contributed by atoms with Gasteiger partial charge >= 0.3 is 0 Å². The topological polar surface area (TPSA) is 49.4 Å². The summed E-state index contributed by atoms with van der Waals surface area (Å²) >= 11 is 6.87. The number of nitrogens with zero attached hydrogens (tertiary/aromatic N) is 1. The molecule has 1 N–H and O–H groups in total. The molecule has 2 atom stereocenters. The number of carbonyl (C=O) groups excluding carboxylic acids is 2. The zero-order chi connectivity index (χ0) is 14.4. The van der Waals surface area contributed by atoms with Gasteiger partial charge in [-0.1, -0.05) is 15.9 Å². The maximum Gasteiger partial charge on any atom is 0.250 e. The zero-order valence-corrected chi connectivity index (χ0v) is 14.1. The van der Waals surface area contributed by atoms with Gasteiger partial charge in [-0.2, -0.15) is 0 Å². The van der Waals surface area contributed by atoms with Crippen LogP contribution in [0.1, 0.15) is 19.8 Å². The van der Waals surface area contributed by atoms with E-state index in [1.807, 2.05) is 18.2 Å². The first-order valence-corrected chi connectivity index (χ1v) is 8.16. The molecule has 1 aliphatic heterocycles.